The van der Waals surface area contributed by atoms with Crippen molar-refractivity contribution in [2.45, 2.75) is 20.1 Å². The maximum absolute atomic E-state index is 9.34. The molecule has 5 aromatic rings. The molecule has 0 bridgehead atoms. The number of rotatable bonds is 6. The number of benzene rings is 5. The third kappa shape index (κ3) is 7.10. The molecule has 1 radical (unpaired) electrons. The molecule has 0 aromatic heterocycles. The molecular weight excluding hydrogens is 561 g/mol. The molecule has 0 aliphatic carbocycles. The van der Waals surface area contributed by atoms with Crippen LogP contribution in [0.25, 0.3) is 0 Å². The van der Waals surface area contributed by atoms with Crippen molar-refractivity contribution in [2.24, 2.45) is 0 Å². The Morgan fingerprint density at radius 1 is 0.514 bits per heavy atom. The molecule has 185 valence electrons. The zero-order valence-electron chi connectivity index (χ0n) is 21.2. The summed E-state index contributed by atoms with van der Waals surface area (Å²) in [5, 5.41) is 21.9. The van der Waals surface area contributed by atoms with E-state index in [1.165, 1.54) is 10.7 Å². The van der Waals surface area contributed by atoms with Gasteiger partial charge in [-0.3, -0.25) is 0 Å². The summed E-state index contributed by atoms with van der Waals surface area (Å²) < 4.78 is 4.59. The standard InChI is InChI=1S/C15H17NO2.3C6H5.Sn/c1-10-6-5-7-11(2)14(10)16-13-9-4-3-8-12(13)15(17)18;3*1-2-4-6-5-3-1;/h3-9,15-18H,1-2H3;3*1-5H;. The van der Waals surface area contributed by atoms with Crippen molar-refractivity contribution in [3.05, 3.63) is 150 Å². The van der Waals surface area contributed by atoms with Crippen LogP contribution in [-0.4, -0.2) is 30.0 Å². The minimum atomic E-state index is -1.98. The first-order chi connectivity index (χ1) is 18.0. The molecule has 0 atom stereocenters. The van der Waals surface area contributed by atoms with Gasteiger partial charge in [0.15, 0.2) is 6.29 Å². The van der Waals surface area contributed by atoms with Crippen molar-refractivity contribution in [1.82, 2.24) is 0 Å². The van der Waals surface area contributed by atoms with Crippen LogP contribution >= 0.6 is 0 Å². The molecule has 5 aromatic carbocycles. The SMILES string of the molecule is Cc1cccc(C)c1Nc1ccccc1C(O)O.c1cc[c]([Sn]([c]2ccccc2)[c]2ccccc2)cc1. The molecule has 0 saturated heterocycles. The zero-order chi connectivity index (χ0) is 26.0. The molecule has 3 nitrogen and oxygen atoms in total. The third-order valence-electron chi connectivity index (χ3n) is 6.17. The van der Waals surface area contributed by atoms with Crippen LogP contribution < -0.4 is 16.1 Å². The van der Waals surface area contributed by atoms with Gasteiger partial charge in [-0.2, -0.15) is 0 Å². The van der Waals surface area contributed by atoms with Crippen molar-refractivity contribution in [1.29, 1.82) is 0 Å². The number of nitrogens with one attached hydrogen (secondary N) is 1. The van der Waals surface area contributed by atoms with Crippen molar-refractivity contribution in [2.75, 3.05) is 5.32 Å². The zero-order valence-corrected chi connectivity index (χ0v) is 24.0. The van der Waals surface area contributed by atoms with Crippen LogP contribution in [0.15, 0.2) is 133 Å². The van der Waals surface area contributed by atoms with Crippen LogP contribution in [0.4, 0.5) is 11.4 Å². The van der Waals surface area contributed by atoms with Gasteiger partial charge in [-0.05, 0) is 31.0 Å². The average Bonchev–Trinajstić information content (AvgIpc) is 2.93. The summed E-state index contributed by atoms with van der Waals surface area (Å²) >= 11 is -1.98. The summed E-state index contributed by atoms with van der Waals surface area (Å²) in [6.45, 7) is 4.04. The van der Waals surface area contributed by atoms with Crippen LogP contribution in [0, 0.1) is 13.8 Å². The van der Waals surface area contributed by atoms with Crippen LogP contribution in [0.3, 0.4) is 0 Å². The predicted molar refractivity (Wildman–Crippen MR) is 157 cm³/mol. The number of aliphatic hydroxyl groups is 2. The van der Waals surface area contributed by atoms with Gasteiger partial charge < -0.3 is 15.5 Å². The fourth-order valence-electron chi connectivity index (χ4n) is 4.30. The number of aliphatic hydroxyl groups excluding tert-OH is 1. The quantitative estimate of drug-likeness (QED) is 0.187. The molecule has 4 heteroatoms. The maximum atomic E-state index is 9.34. The van der Waals surface area contributed by atoms with E-state index in [9.17, 15) is 10.2 Å². The monoisotopic (exact) mass is 594 g/mol. The number of para-hydroxylation sites is 2. The average molecular weight is 593 g/mol. The van der Waals surface area contributed by atoms with Crippen molar-refractivity contribution in [3.8, 4) is 0 Å². The van der Waals surface area contributed by atoms with E-state index in [2.05, 4.69) is 96.3 Å². The van der Waals surface area contributed by atoms with Crippen LogP contribution in [0.5, 0.6) is 0 Å². The summed E-state index contributed by atoms with van der Waals surface area (Å²) in [4.78, 5) is 0. The molecule has 0 amide bonds. The second kappa shape index (κ2) is 13.2. The summed E-state index contributed by atoms with van der Waals surface area (Å²) in [6.07, 6.45) is -1.47. The molecule has 0 saturated carbocycles. The third-order valence-corrected chi connectivity index (χ3v) is 14.0. The van der Waals surface area contributed by atoms with Gasteiger partial charge in [0, 0.05) is 16.9 Å². The Morgan fingerprint density at radius 3 is 1.35 bits per heavy atom. The predicted octanol–water partition coefficient (Wildman–Crippen LogP) is 5.23. The van der Waals surface area contributed by atoms with Crippen molar-refractivity contribution >= 4 is 41.9 Å². The first-order valence-corrected chi connectivity index (χ1v) is 16.6. The van der Waals surface area contributed by atoms with Crippen LogP contribution in [-0.2, 0) is 0 Å². The van der Waals surface area contributed by atoms with Gasteiger partial charge in [-0.1, -0.05) is 36.4 Å². The van der Waals surface area contributed by atoms with E-state index in [1.54, 1.807) is 12.1 Å². The summed E-state index contributed by atoms with van der Waals surface area (Å²) in [6, 6.07) is 46.2. The molecule has 5 rings (SSSR count). The van der Waals surface area contributed by atoms with Gasteiger partial charge in [0.1, 0.15) is 0 Å². The first-order valence-electron chi connectivity index (χ1n) is 12.4. The Labute approximate surface area is 226 Å². The number of anilines is 2. The van der Waals surface area contributed by atoms with Gasteiger partial charge >= 0.3 is 121 Å². The van der Waals surface area contributed by atoms with E-state index in [0.717, 1.165) is 16.8 Å². The van der Waals surface area contributed by atoms with E-state index < -0.39 is 26.0 Å². The Morgan fingerprint density at radius 2 is 0.919 bits per heavy atom. The van der Waals surface area contributed by atoms with Crippen LogP contribution in [0.1, 0.15) is 23.0 Å². The van der Waals surface area contributed by atoms with Crippen LogP contribution in [0.2, 0.25) is 0 Å². The minimum absolute atomic E-state index is 0.472. The van der Waals surface area contributed by atoms with Crippen molar-refractivity contribution < 1.29 is 10.2 Å². The normalized spacial score (nSPS) is 10.6. The molecule has 0 heterocycles. The van der Waals surface area contributed by atoms with E-state index >= 15 is 0 Å². The van der Waals surface area contributed by atoms with Crippen molar-refractivity contribution in [3.63, 3.8) is 0 Å². The van der Waals surface area contributed by atoms with E-state index in [4.69, 9.17) is 0 Å². The Bertz CT molecular complexity index is 1280. The molecule has 37 heavy (non-hydrogen) atoms. The summed E-state index contributed by atoms with van der Waals surface area (Å²) in [5.41, 5.74) is 4.44. The second-order valence-electron chi connectivity index (χ2n) is 8.83. The molecule has 3 N–H and O–H groups in total. The topological polar surface area (TPSA) is 52.5 Å². The fourth-order valence-corrected chi connectivity index (χ4v) is 11.7. The van der Waals surface area contributed by atoms with E-state index in [0.29, 0.717) is 11.3 Å². The Balaban J connectivity index is 0.000000173. The Kier molecular flexibility index (Phi) is 9.55. The van der Waals surface area contributed by atoms with Gasteiger partial charge in [-0.15, -0.1) is 0 Å². The molecule has 0 spiro atoms. The molecule has 0 fully saturated rings. The molecule has 0 aliphatic rings. The van der Waals surface area contributed by atoms with E-state index in [1.807, 2.05) is 44.2 Å². The van der Waals surface area contributed by atoms with Gasteiger partial charge in [0.2, 0.25) is 0 Å². The fraction of sp³-hybridized carbons (Fsp3) is 0.0909. The number of hydrogen-bond acceptors (Lipinski definition) is 3. The summed E-state index contributed by atoms with van der Waals surface area (Å²) in [5.74, 6) is 0. The Hall–Kier alpha value is -3.38. The van der Waals surface area contributed by atoms with Gasteiger partial charge in [0.25, 0.3) is 0 Å². The number of hydrogen-bond donors (Lipinski definition) is 3. The summed E-state index contributed by atoms with van der Waals surface area (Å²) in [7, 11) is 0. The van der Waals surface area contributed by atoms with Gasteiger partial charge in [0.05, 0.1) is 0 Å². The van der Waals surface area contributed by atoms with E-state index in [-0.39, 0.29) is 0 Å². The van der Waals surface area contributed by atoms with Gasteiger partial charge in [-0.25, -0.2) is 0 Å². The first kappa shape index (κ1) is 26.7. The second-order valence-corrected chi connectivity index (χ2v) is 15.9. The molecule has 0 unspecified atom stereocenters. The molecule has 0 aliphatic heterocycles. The molecular formula is C33H32NO2Sn. The number of aryl methyl sites for hydroxylation is 2.